The zero-order valence-electron chi connectivity index (χ0n) is 25.2. The van der Waals surface area contributed by atoms with Gasteiger partial charge in [0.15, 0.2) is 0 Å². The van der Waals surface area contributed by atoms with Gasteiger partial charge < -0.3 is 21.3 Å². The van der Waals surface area contributed by atoms with E-state index in [4.69, 9.17) is 17.3 Å². The fourth-order valence-electron chi connectivity index (χ4n) is 4.98. The maximum atomic E-state index is 11.6. The van der Waals surface area contributed by atoms with E-state index in [0.29, 0.717) is 0 Å². The van der Waals surface area contributed by atoms with Crippen molar-refractivity contribution in [3.8, 4) is 0 Å². The van der Waals surface area contributed by atoms with Gasteiger partial charge in [-0.1, -0.05) is 166 Å². The molecule has 0 spiro atoms. The monoisotopic (exact) mass is 628 g/mol. The van der Waals surface area contributed by atoms with Crippen LogP contribution in [0.3, 0.4) is 0 Å². The zero-order valence-corrected chi connectivity index (χ0v) is 29.8. The molecule has 0 aliphatic carbocycles. The summed E-state index contributed by atoms with van der Waals surface area (Å²) >= 11 is 8.57. The second-order valence-corrected chi connectivity index (χ2v) is 11.3. The first-order chi connectivity index (χ1) is 18.4. The van der Waals surface area contributed by atoms with Crippen LogP contribution in [0.4, 0.5) is 5.69 Å². The minimum Gasteiger partial charge on any atom is -0.852 e. The molecule has 1 aromatic rings. The number of unbranched alkanes of at least 4 members (excludes halogenated alkanes) is 18. The van der Waals surface area contributed by atoms with E-state index in [1.807, 2.05) is 6.07 Å². The molecular weight excluding hydrogens is 574 g/mol. The van der Waals surface area contributed by atoms with E-state index in [1.165, 1.54) is 140 Å². The van der Waals surface area contributed by atoms with Crippen molar-refractivity contribution in [3.05, 3.63) is 29.3 Å². The third-order valence-corrected chi connectivity index (χ3v) is 7.19. The van der Waals surface area contributed by atoms with Crippen LogP contribution in [0, 0.1) is 0 Å². The van der Waals surface area contributed by atoms with Crippen molar-refractivity contribution in [2.75, 3.05) is 5.32 Å². The van der Waals surface area contributed by atoms with E-state index in [1.54, 1.807) is 0 Å². The van der Waals surface area contributed by atoms with Gasteiger partial charge in [0.25, 0.3) is 0 Å². The molecule has 1 aromatic carbocycles. The molecule has 0 saturated heterocycles. The summed E-state index contributed by atoms with van der Waals surface area (Å²) in [6.45, 7) is 4.56. The van der Waals surface area contributed by atoms with Crippen LogP contribution >= 0.6 is 24.4 Å². The first kappa shape index (κ1) is 40.4. The molecule has 0 fully saturated rings. The number of nitrogens with one attached hydrogen (secondary N) is 1. The van der Waals surface area contributed by atoms with E-state index in [0.717, 1.165) is 18.5 Å². The Kier molecular flexibility index (Phi) is 31.2. The van der Waals surface area contributed by atoms with Crippen LogP contribution < -0.4 is 21.3 Å². The van der Waals surface area contributed by atoms with Gasteiger partial charge in [-0.25, -0.2) is 0 Å². The second-order valence-electron chi connectivity index (χ2n) is 10.5. The fourth-order valence-corrected chi connectivity index (χ4v) is 5.09. The molecule has 0 aromatic heterocycles. The first-order valence-electron chi connectivity index (χ1n) is 15.5. The molecule has 0 radical (unpaired) electrons. The third kappa shape index (κ3) is 27.2. The summed E-state index contributed by atoms with van der Waals surface area (Å²) in [5.41, 5.74) is 7.98. The van der Waals surface area contributed by atoms with E-state index in [-0.39, 0.29) is 24.7 Å². The number of rotatable bonds is 23. The number of benzene rings is 1. The van der Waals surface area contributed by atoms with E-state index >= 15 is 0 Å². The Morgan fingerprint density at radius 2 is 1.00 bits per heavy atom. The molecule has 0 saturated carbocycles. The maximum absolute atomic E-state index is 11.6. The summed E-state index contributed by atoms with van der Waals surface area (Å²) < 4.78 is 0. The molecule has 0 atom stereocenters. The normalized spacial score (nSPS) is 10.3. The summed E-state index contributed by atoms with van der Waals surface area (Å²) in [5.74, 6) is 0. The van der Waals surface area contributed by atoms with Gasteiger partial charge in [0.2, 0.25) is 0 Å². The summed E-state index contributed by atoms with van der Waals surface area (Å²) in [7, 11) is 0. The number of hydrogen-bond donors (Lipinski definition) is 2. The van der Waals surface area contributed by atoms with Crippen LogP contribution in [-0.2, 0) is 32.3 Å². The largest absolute Gasteiger partial charge is 2.00 e. The molecule has 4 nitrogen and oxygen atoms in total. The Labute approximate surface area is 264 Å². The number of thiocarbonyl (C=S) groups is 2. The van der Waals surface area contributed by atoms with Crippen molar-refractivity contribution < 1.29 is 29.7 Å². The maximum Gasteiger partial charge on any atom is 2.00 e. The van der Waals surface area contributed by atoms with Crippen molar-refractivity contribution in [2.24, 2.45) is 5.73 Å². The molecule has 0 heterocycles. The topological polar surface area (TPSA) is 84.2 Å². The Morgan fingerprint density at radius 1 is 0.641 bits per heavy atom. The van der Waals surface area contributed by atoms with Gasteiger partial charge in [0.1, 0.15) is 0 Å². The molecular formula is C32H56N2O2S2Zn. The minimum atomic E-state index is -0.750. The van der Waals surface area contributed by atoms with Crippen molar-refractivity contribution in [1.29, 1.82) is 0 Å². The zero-order chi connectivity index (χ0) is 28.3. The van der Waals surface area contributed by atoms with Gasteiger partial charge in [0, 0.05) is 16.0 Å². The molecule has 0 aliphatic heterocycles. The molecule has 0 amide bonds. The Morgan fingerprint density at radius 3 is 1.38 bits per heavy atom. The average molecular weight is 630 g/mol. The van der Waals surface area contributed by atoms with Gasteiger partial charge in [-0.15, -0.1) is 0 Å². The minimum absolute atomic E-state index is 0. The van der Waals surface area contributed by atoms with Crippen LogP contribution in [0.2, 0.25) is 0 Å². The van der Waals surface area contributed by atoms with Crippen LogP contribution in [0.1, 0.15) is 153 Å². The molecule has 220 valence electrons. The molecule has 0 unspecified atom stereocenters. The summed E-state index contributed by atoms with van der Waals surface area (Å²) in [6, 6.07) is 6.37. The Hall–Kier alpha value is -0.777. The number of aryl methyl sites for hydroxylation is 1. The van der Waals surface area contributed by atoms with Crippen molar-refractivity contribution in [2.45, 2.75) is 155 Å². The molecule has 39 heavy (non-hydrogen) atoms. The number of nitrogens with two attached hydrogens (primary N) is 1. The van der Waals surface area contributed by atoms with Gasteiger partial charge in [-0.05, 0) is 42.9 Å². The van der Waals surface area contributed by atoms with Gasteiger partial charge in [0.05, 0.1) is 0 Å². The molecule has 7 heteroatoms. The average Bonchev–Trinajstić information content (AvgIpc) is 2.86. The van der Waals surface area contributed by atoms with Crippen molar-refractivity contribution >= 4 is 40.5 Å². The first-order valence-corrected chi connectivity index (χ1v) is 16.3. The van der Waals surface area contributed by atoms with Gasteiger partial charge in [-0.3, -0.25) is 0 Å². The van der Waals surface area contributed by atoms with E-state index in [9.17, 15) is 5.11 Å². The fraction of sp³-hybridized carbons (Fsp3) is 0.750. The van der Waals surface area contributed by atoms with Gasteiger partial charge >= 0.3 is 19.5 Å². The number of hydrogen-bond acceptors (Lipinski definition) is 4. The summed E-state index contributed by atoms with van der Waals surface area (Å²) in [4.78, 5) is 0. The SMILES string of the molecule is CCCCCCCCCCCCc1cccc(NC([O-])=S)c1CCCCCCCCCCCC.NC([O-])=S.[Zn+2]. The quantitative estimate of drug-likeness (QED) is 0.0720. The summed E-state index contributed by atoms with van der Waals surface area (Å²) in [6.07, 6.45) is 29.3. The third-order valence-electron chi connectivity index (χ3n) is 7.09. The van der Waals surface area contributed by atoms with E-state index in [2.05, 4.69) is 49.2 Å². The second kappa shape index (κ2) is 30.2. The smallest absolute Gasteiger partial charge is 0.852 e. The van der Waals surface area contributed by atoms with Gasteiger partial charge in [-0.2, -0.15) is 0 Å². The predicted molar refractivity (Wildman–Crippen MR) is 171 cm³/mol. The van der Waals surface area contributed by atoms with Crippen LogP contribution in [-0.4, -0.2) is 10.3 Å². The molecule has 0 bridgehead atoms. The van der Waals surface area contributed by atoms with Crippen molar-refractivity contribution in [3.63, 3.8) is 0 Å². The summed E-state index contributed by atoms with van der Waals surface area (Å²) in [5, 5.41) is 22.4. The Balaban J connectivity index is 0. The van der Waals surface area contributed by atoms with Crippen LogP contribution in [0.25, 0.3) is 0 Å². The Bertz CT molecular complexity index is 715. The standard InChI is InChI=1S/C31H55NOS.CH3NOS.Zn/c1-3-5-7-9-11-13-15-17-19-21-24-28-25-23-27-30(32-31(33)34)29(28)26-22-20-18-16-14-12-10-8-6-4-2;2-1(3)4;/h23,25,27H,3-22,24,26H2,1-2H3,(H2,32,33,34);(H3,2,3,4);/q;;+2/p-2. The van der Waals surface area contributed by atoms with Crippen LogP contribution in [0.15, 0.2) is 18.2 Å². The molecule has 3 N–H and O–H groups in total. The van der Waals surface area contributed by atoms with E-state index < -0.39 is 5.17 Å². The van der Waals surface area contributed by atoms with Crippen LogP contribution in [0.5, 0.6) is 0 Å². The number of anilines is 1. The van der Waals surface area contributed by atoms with Crippen molar-refractivity contribution in [1.82, 2.24) is 0 Å². The molecule has 0 aliphatic rings. The molecule has 1 rings (SSSR count). The predicted octanol–water partition coefficient (Wildman–Crippen LogP) is 8.26.